The standard InChI is InChI=1S/C17H25BrFN/c1-12(2)10-20-11-14-5-3-4-13(14)8-15-9-16(18)6-7-17(15)19/h6-7,9,12-14,20H,3-5,8,10-11H2,1-2H3. The van der Waals surface area contributed by atoms with Crippen LogP contribution in [0.1, 0.15) is 38.7 Å². The smallest absolute Gasteiger partial charge is 0.126 e. The van der Waals surface area contributed by atoms with Gasteiger partial charge in [0, 0.05) is 4.47 Å². The van der Waals surface area contributed by atoms with Crippen molar-refractivity contribution in [3.05, 3.63) is 34.1 Å². The third kappa shape index (κ3) is 4.56. The third-order valence-electron chi connectivity index (χ3n) is 4.27. The fourth-order valence-electron chi connectivity index (χ4n) is 3.19. The molecule has 1 nitrogen and oxygen atoms in total. The molecule has 0 bridgehead atoms. The van der Waals surface area contributed by atoms with E-state index in [-0.39, 0.29) is 5.82 Å². The number of rotatable bonds is 6. The van der Waals surface area contributed by atoms with Crippen molar-refractivity contribution in [1.29, 1.82) is 0 Å². The van der Waals surface area contributed by atoms with Gasteiger partial charge in [-0.15, -0.1) is 0 Å². The minimum atomic E-state index is -0.0611. The van der Waals surface area contributed by atoms with Gasteiger partial charge < -0.3 is 5.32 Å². The number of halogens is 2. The van der Waals surface area contributed by atoms with Crippen LogP contribution in [0.5, 0.6) is 0 Å². The van der Waals surface area contributed by atoms with Gasteiger partial charge in [-0.1, -0.05) is 36.2 Å². The van der Waals surface area contributed by atoms with E-state index in [9.17, 15) is 4.39 Å². The van der Waals surface area contributed by atoms with Crippen LogP contribution >= 0.6 is 15.9 Å². The van der Waals surface area contributed by atoms with Crippen LogP contribution in [0.3, 0.4) is 0 Å². The highest BCUT2D eigenvalue weighted by Crippen LogP contribution is 2.34. The maximum Gasteiger partial charge on any atom is 0.126 e. The zero-order valence-electron chi connectivity index (χ0n) is 12.5. The first kappa shape index (κ1) is 16.0. The molecule has 2 rings (SSSR count). The molecule has 2 unspecified atom stereocenters. The van der Waals surface area contributed by atoms with Gasteiger partial charge >= 0.3 is 0 Å². The molecule has 0 aromatic heterocycles. The second kappa shape index (κ2) is 7.56. The average Bonchev–Trinajstić information content (AvgIpc) is 2.81. The Hall–Kier alpha value is -0.410. The number of hydrogen-bond donors (Lipinski definition) is 1. The van der Waals surface area contributed by atoms with Crippen LogP contribution in [0.4, 0.5) is 4.39 Å². The van der Waals surface area contributed by atoms with Gasteiger partial charge in [-0.2, -0.15) is 0 Å². The van der Waals surface area contributed by atoms with Crippen molar-refractivity contribution in [3.63, 3.8) is 0 Å². The van der Waals surface area contributed by atoms with Crippen molar-refractivity contribution < 1.29 is 4.39 Å². The molecule has 2 atom stereocenters. The zero-order valence-corrected chi connectivity index (χ0v) is 14.0. The monoisotopic (exact) mass is 341 g/mol. The zero-order chi connectivity index (χ0) is 14.5. The fourth-order valence-corrected chi connectivity index (χ4v) is 3.60. The van der Waals surface area contributed by atoms with Crippen molar-refractivity contribution in [2.45, 2.75) is 39.5 Å². The van der Waals surface area contributed by atoms with Gasteiger partial charge in [0.15, 0.2) is 0 Å². The molecule has 0 saturated heterocycles. The molecule has 0 spiro atoms. The van der Waals surface area contributed by atoms with Crippen molar-refractivity contribution in [2.75, 3.05) is 13.1 Å². The van der Waals surface area contributed by atoms with E-state index in [0.717, 1.165) is 29.5 Å². The maximum atomic E-state index is 13.9. The van der Waals surface area contributed by atoms with Crippen LogP contribution in [-0.4, -0.2) is 13.1 Å². The second-order valence-electron chi connectivity index (χ2n) is 6.44. The van der Waals surface area contributed by atoms with Crippen LogP contribution < -0.4 is 5.32 Å². The van der Waals surface area contributed by atoms with Crippen molar-refractivity contribution in [2.24, 2.45) is 17.8 Å². The SMILES string of the molecule is CC(C)CNCC1CCCC1Cc1cc(Br)ccc1F. The topological polar surface area (TPSA) is 12.0 Å². The van der Waals surface area contributed by atoms with E-state index >= 15 is 0 Å². The summed E-state index contributed by atoms with van der Waals surface area (Å²) in [4.78, 5) is 0. The Morgan fingerprint density at radius 2 is 2.05 bits per heavy atom. The minimum Gasteiger partial charge on any atom is -0.316 e. The minimum absolute atomic E-state index is 0.0611. The molecule has 0 radical (unpaired) electrons. The highest BCUT2D eigenvalue weighted by Gasteiger charge is 2.27. The molecular weight excluding hydrogens is 317 g/mol. The summed E-state index contributed by atoms with van der Waals surface area (Å²) in [6.45, 7) is 6.62. The van der Waals surface area contributed by atoms with Crippen LogP contribution in [0.2, 0.25) is 0 Å². The summed E-state index contributed by atoms with van der Waals surface area (Å²) in [5.74, 6) is 1.96. The third-order valence-corrected chi connectivity index (χ3v) is 4.76. The molecule has 1 N–H and O–H groups in total. The summed E-state index contributed by atoms with van der Waals surface area (Å²) in [6, 6.07) is 5.28. The van der Waals surface area contributed by atoms with E-state index in [1.807, 2.05) is 6.07 Å². The van der Waals surface area contributed by atoms with Crippen molar-refractivity contribution >= 4 is 15.9 Å². The molecule has 1 aromatic carbocycles. The van der Waals surface area contributed by atoms with Crippen LogP contribution in [0, 0.1) is 23.6 Å². The number of benzene rings is 1. The first-order valence-corrected chi connectivity index (χ1v) is 8.50. The van der Waals surface area contributed by atoms with E-state index in [4.69, 9.17) is 0 Å². The Labute approximate surface area is 130 Å². The largest absolute Gasteiger partial charge is 0.316 e. The van der Waals surface area contributed by atoms with E-state index in [1.54, 1.807) is 12.1 Å². The Kier molecular flexibility index (Phi) is 6.03. The fraction of sp³-hybridized carbons (Fsp3) is 0.647. The lowest BCUT2D eigenvalue weighted by Crippen LogP contribution is -2.29. The van der Waals surface area contributed by atoms with Crippen LogP contribution in [-0.2, 0) is 6.42 Å². The van der Waals surface area contributed by atoms with E-state index in [2.05, 4.69) is 35.1 Å². The highest BCUT2D eigenvalue weighted by molar-refractivity contribution is 9.10. The molecule has 3 heteroatoms. The van der Waals surface area contributed by atoms with Gasteiger partial charge in [0.1, 0.15) is 5.82 Å². The van der Waals surface area contributed by atoms with Crippen molar-refractivity contribution in [3.8, 4) is 0 Å². The number of hydrogen-bond acceptors (Lipinski definition) is 1. The van der Waals surface area contributed by atoms with E-state index < -0.39 is 0 Å². The predicted octanol–water partition coefficient (Wildman–Crippen LogP) is 4.79. The quantitative estimate of drug-likeness (QED) is 0.784. The highest BCUT2D eigenvalue weighted by atomic mass is 79.9. The number of nitrogens with one attached hydrogen (secondary N) is 1. The summed E-state index contributed by atoms with van der Waals surface area (Å²) in [7, 11) is 0. The van der Waals surface area contributed by atoms with Gasteiger partial charge in [0.2, 0.25) is 0 Å². The summed E-state index contributed by atoms with van der Waals surface area (Å²) < 4.78 is 14.8. The molecule has 1 aliphatic rings. The predicted molar refractivity (Wildman–Crippen MR) is 86.3 cm³/mol. The normalized spacial score (nSPS) is 22.6. The lowest BCUT2D eigenvalue weighted by Gasteiger charge is -2.21. The molecule has 1 fully saturated rings. The lowest BCUT2D eigenvalue weighted by molar-refractivity contribution is 0.354. The average molecular weight is 342 g/mol. The first-order chi connectivity index (χ1) is 9.56. The molecule has 0 aliphatic heterocycles. The maximum absolute atomic E-state index is 13.9. The molecular formula is C17H25BrFN. The Morgan fingerprint density at radius 1 is 1.30 bits per heavy atom. The van der Waals surface area contributed by atoms with E-state index in [0.29, 0.717) is 17.8 Å². The molecule has 0 heterocycles. The Balaban J connectivity index is 1.92. The second-order valence-corrected chi connectivity index (χ2v) is 7.36. The summed E-state index contributed by atoms with van der Waals surface area (Å²) >= 11 is 3.44. The molecule has 1 aliphatic carbocycles. The Bertz CT molecular complexity index is 433. The molecule has 1 saturated carbocycles. The summed E-state index contributed by atoms with van der Waals surface area (Å²) in [6.07, 6.45) is 4.68. The van der Waals surface area contributed by atoms with Gasteiger partial charge in [-0.3, -0.25) is 0 Å². The van der Waals surface area contributed by atoms with Crippen molar-refractivity contribution in [1.82, 2.24) is 5.32 Å². The van der Waals surface area contributed by atoms with Gasteiger partial charge in [0.05, 0.1) is 0 Å². The van der Waals surface area contributed by atoms with E-state index in [1.165, 1.54) is 19.3 Å². The van der Waals surface area contributed by atoms with Crippen LogP contribution in [0.15, 0.2) is 22.7 Å². The molecule has 1 aromatic rings. The first-order valence-electron chi connectivity index (χ1n) is 7.71. The molecule has 20 heavy (non-hydrogen) atoms. The summed E-state index contributed by atoms with van der Waals surface area (Å²) in [5.41, 5.74) is 0.861. The molecule has 112 valence electrons. The lowest BCUT2D eigenvalue weighted by atomic mass is 9.89. The van der Waals surface area contributed by atoms with Gasteiger partial charge in [-0.25, -0.2) is 4.39 Å². The van der Waals surface area contributed by atoms with Gasteiger partial charge in [0.25, 0.3) is 0 Å². The van der Waals surface area contributed by atoms with Crippen LogP contribution in [0.25, 0.3) is 0 Å². The van der Waals surface area contributed by atoms with Gasteiger partial charge in [-0.05, 0) is 73.9 Å². The molecule has 0 amide bonds. The Morgan fingerprint density at radius 3 is 2.80 bits per heavy atom. The summed E-state index contributed by atoms with van der Waals surface area (Å²) in [5, 5.41) is 3.57.